The first-order valence-electron chi connectivity index (χ1n) is 5.14. The fourth-order valence-corrected chi connectivity index (χ4v) is 2.13. The highest BCUT2D eigenvalue weighted by atomic mass is 35.5. The standard InChI is InChI=1S/C13H7Cl2F3O/c14-11-4-2-8(19)6-10(11)9-3-1-7(5-12(9)15)13(16,17)18/h1-6,19H. The highest BCUT2D eigenvalue weighted by Crippen LogP contribution is 2.38. The fourth-order valence-electron chi connectivity index (χ4n) is 1.63. The van der Waals surface area contributed by atoms with E-state index in [0.717, 1.165) is 12.1 Å². The zero-order valence-corrected chi connectivity index (χ0v) is 10.8. The lowest BCUT2D eigenvalue weighted by Gasteiger charge is -2.11. The van der Waals surface area contributed by atoms with Gasteiger partial charge < -0.3 is 5.11 Å². The molecule has 0 aliphatic heterocycles. The molecular weight excluding hydrogens is 300 g/mol. The molecule has 0 aromatic heterocycles. The van der Waals surface area contributed by atoms with E-state index in [-0.39, 0.29) is 10.8 Å². The summed E-state index contributed by atoms with van der Waals surface area (Å²) in [7, 11) is 0. The molecule has 0 aliphatic rings. The van der Waals surface area contributed by atoms with Crippen LogP contribution in [-0.2, 0) is 6.18 Å². The predicted octanol–water partition coefficient (Wildman–Crippen LogP) is 5.38. The molecule has 0 saturated carbocycles. The lowest BCUT2D eigenvalue weighted by atomic mass is 10.0. The van der Waals surface area contributed by atoms with Crippen LogP contribution in [-0.4, -0.2) is 5.11 Å². The average molecular weight is 307 g/mol. The van der Waals surface area contributed by atoms with Crippen LogP contribution in [0, 0.1) is 0 Å². The number of hydrogen-bond donors (Lipinski definition) is 1. The lowest BCUT2D eigenvalue weighted by molar-refractivity contribution is -0.137. The van der Waals surface area contributed by atoms with Gasteiger partial charge in [-0.3, -0.25) is 0 Å². The van der Waals surface area contributed by atoms with Crippen molar-refractivity contribution in [3.8, 4) is 16.9 Å². The van der Waals surface area contributed by atoms with Gasteiger partial charge in [0.25, 0.3) is 0 Å². The second-order valence-electron chi connectivity index (χ2n) is 3.86. The van der Waals surface area contributed by atoms with Gasteiger partial charge in [0.05, 0.1) is 5.56 Å². The molecule has 2 rings (SSSR count). The van der Waals surface area contributed by atoms with Crippen LogP contribution in [0.4, 0.5) is 13.2 Å². The quantitative estimate of drug-likeness (QED) is 0.749. The van der Waals surface area contributed by atoms with Crippen LogP contribution >= 0.6 is 23.2 Å². The summed E-state index contributed by atoms with van der Waals surface area (Å²) in [6.07, 6.45) is -4.45. The van der Waals surface area contributed by atoms with Crippen molar-refractivity contribution in [2.75, 3.05) is 0 Å². The van der Waals surface area contributed by atoms with Crippen LogP contribution in [0.25, 0.3) is 11.1 Å². The van der Waals surface area contributed by atoms with E-state index in [1.54, 1.807) is 0 Å². The number of phenolic OH excluding ortho intramolecular Hbond substituents is 1. The Morgan fingerprint density at radius 2 is 1.53 bits per heavy atom. The highest BCUT2D eigenvalue weighted by molar-refractivity contribution is 6.36. The number of hydrogen-bond acceptors (Lipinski definition) is 1. The SMILES string of the molecule is Oc1ccc(Cl)c(-c2ccc(C(F)(F)F)cc2Cl)c1. The molecule has 6 heteroatoms. The molecule has 1 N–H and O–H groups in total. The zero-order valence-electron chi connectivity index (χ0n) is 9.30. The first-order chi connectivity index (χ1) is 8.79. The third kappa shape index (κ3) is 2.96. The van der Waals surface area contributed by atoms with Gasteiger partial charge in [0, 0.05) is 21.2 Å². The van der Waals surface area contributed by atoms with E-state index < -0.39 is 11.7 Å². The smallest absolute Gasteiger partial charge is 0.416 e. The predicted molar refractivity (Wildman–Crippen MR) is 68.6 cm³/mol. The number of halogens is 5. The van der Waals surface area contributed by atoms with Crippen molar-refractivity contribution in [1.82, 2.24) is 0 Å². The molecule has 0 saturated heterocycles. The van der Waals surface area contributed by atoms with E-state index in [0.29, 0.717) is 16.1 Å². The molecule has 0 bridgehead atoms. The molecule has 0 fully saturated rings. The van der Waals surface area contributed by atoms with E-state index >= 15 is 0 Å². The molecule has 0 aliphatic carbocycles. The van der Waals surface area contributed by atoms with Crippen molar-refractivity contribution < 1.29 is 18.3 Å². The molecule has 1 nitrogen and oxygen atoms in total. The molecule has 19 heavy (non-hydrogen) atoms. The van der Waals surface area contributed by atoms with E-state index in [4.69, 9.17) is 23.2 Å². The molecule has 0 atom stereocenters. The van der Waals surface area contributed by atoms with Gasteiger partial charge in [-0.25, -0.2) is 0 Å². The first-order valence-corrected chi connectivity index (χ1v) is 5.90. The second-order valence-corrected chi connectivity index (χ2v) is 4.67. The number of alkyl halides is 3. The van der Waals surface area contributed by atoms with Gasteiger partial charge in [0.2, 0.25) is 0 Å². The summed E-state index contributed by atoms with van der Waals surface area (Å²) in [5, 5.41) is 9.60. The molecular formula is C13H7Cl2F3O. The second kappa shape index (κ2) is 4.94. The number of phenols is 1. The van der Waals surface area contributed by atoms with E-state index in [1.165, 1.54) is 24.3 Å². The highest BCUT2D eigenvalue weighted by Gasteiger charge is 2.31. The van der Waals surface area contributed by atoms with Crippen LogP contribution in [0.15, 0.2) is 36.4 Å². The maximum Gasteiger partial charge on any atom is 0.416 e. The number of rotatable bonds is 1. The largest absolute Gasteiger partial charge is 0.508 e. The molecule has 0 heterocycles. The Morgan fingerprint density at radius 3 is 2.11 bits per heavy atom. The minimum absolute atomic E-state index is 0.0460. The van der Waals surface area contributed by atoms with Gasteiger partial charge in [0.1, 0.15) is 5.75 Å². The van der Waals surface area contributed by atoms with Crippen molar-refractivity contribution in [2.24, 2.45) is 0 Å². The first kappa shape index (κ1) is 14.0. The topological polar surface area (TPSA) is 20.2 Å². The number of benzene rings is 2. The number of aromatic hydroxyl groups is 1. The summed E-state index contributed by atoms with van der Waals surface area (Å²) >= 11 is 11.8. The van der Waals surface area contributed by atoms with Gasteiger partial charge >= 0.3 is 6.18 Å². The van der Waals surface area contributed by atoms with Crippen LogP contribution in [0.3, 0.4) is 0 Å². The van der Waals surface area contributed by atoms with Gasteiger partial charge in [0.15, 0.2) is 0 Å². The normalized spacial score (nSPS) is 11.6. The fraction of sp³-hybridized carbons (Fsp3) is 0.0769. The van der Waals surface area contributed by atoms with Gasteiger partial charge in [-0.15, -0.1) is 0 Å². The zero-order chi connectivity index (χ0) is 14.2. The maximum absolute atomic E-state index is 12.5. The molecule has 0 radical (unpaired) electrons. The van der Waals surface area contributed by atoms with Gasteiger partial charge in [-0.2, -0.15) is 13.2 Å². The summed E-state index contributed by atoms with van der Waals surface area (Å²) in [5.74, 6) is -0.0460. The van der Waals surface area contributed by atoms with E-state index in [2.05, 4.69) is 0 Å². The van der Waals surface area contributed by atoms with Crippen molar-refractivity contribution >= 4 is 23.2 Å². The molecule has 0 amide bonds. The minimum atomic E-state index is -4.45. The minimum Gasteiger partial charge on any atom is -0.508 e. The molecule has 0 unspecified atom stereocenters. The maximum atomic E-state index is 12.5. The Bertz CT molecular complexity index is 624. The van der Waals surface area contributed by atoms with Crippen LogP contribution in [0.1, 0.15) is 5.56 Å². The summed E-state index contributed by atoms with van der Waals surface area (Å²) in [6, 6.07) is 7.14. The summed E-state index contributed by atoms with van der Waals surface area (Å²) < 4.78 is 37.6. The van der Waals surface area contributed by atoms with Crippen LogP contribution < -0.4 is 0 Å². The van der Waals surface area contributed by atoms with E-state index in [1.807, 2.05) is 0 Å². The third-order valence-corrected chi connectivity index (χ3v) is 3.18. The van der Waals surface area contributed by atoms with Crippen molar-refractivity contribution in [1.29, 1.82) is 0 Å². The van der Waals surface area contributed by atoms with Crippen molar-refractivity contribution in [3.05, 3.63) is 52.0 Å². The third-order valence-electron chi connectivity index (χ3n) is 2.54. The Hall–Kier alpha value is -1.39. The summed E-state index contributed by atoms with van der Waals surface area (Å²) in [6.45, 7) is 0. The molecule has 2 aromatic carbocycles. The summed E-state index contributed by atoms with van der Waals surface area (Å²) in [4.78, 5) is 0. The average Bonchev–Trinajstić information content (AvgIpc) is 2.31. The molecule has 100 valence electrons. The lowest BCUT2D eigenvalue weighted by Crippen LogP contribution is -2.04. The van der Waals surface area contributed by atoms with Gasteiger partial charge in [-0.05, 0) is 30.3 Å². The Balaban J connectivity index is 2.55. The van der Waals surface area contributed by atoms with Crippen molar-refractivity contribution in [3.63, 3.8) is 0 Å². The van der Waals surface area contributed by atoms with E-state index in [9.17, 15) is 18.3 Å². The van der Waals surface area contributed by atoms with Gasteiger partial charge in [-0.1, -0.05) is 29.3 Å². The Kier molecular flexibility index (Phi) is 3.65. The molecule has 2 aromatic rings. The monoisotopic (exact) mass is 306 g/mol. The van der Waals surface area contributed by atoms with Crippen LogP contribution in [0.2, 0.25) is 10.0 Å². The molecule has 0 spiro atoms. The Labute approximate surface area is 117 Å². The Morgan fingerprint density at radius 1 is 0.842 bits per heavy atom. The van der Waals surface area contributed by atoms with Crippen LogP contribution in [0.5, 0.6) is 5.75 Å². The van der Waals surface area contributed by atoms with Crippen molar-refractivity contribution in [2.45, 2.75) is 6.18 Å². The summed E-state index contributed by atoms with van der Waals surface area (Å²) in [5.41, 5.74) is -0.131.